The zero-order valence-corrected chi connectivity index (χ0v) is 11.9. The maximum absolute atomic E-state index is 12.6. The molecule has 0 spiro atoms. The fourth-order valence-electron chi connectivity index (χ4n) is 2.99. The summed E-state index contributed by atoms with van der Waals surface area (Å²) >= 11 is 0. The van der Waals surface area contributed by atoms with Crippen LogP contribution in [0.25, 0.3) is 0 Å². The molecule has 0 radical (unpaired) electrons. The van der Waals surface area contributed by atoms with Crippen molar-refractivity contribution in [2.75, 3.05) is 6.54 Å². The number of amides is 1. The first-order valence-electron chi connectivity index (χ1n) is 6.99. The number of benzene rings is 1. The number of phenols is 2. The molecule has 0 saturated carbocycles. The predicted octanol–water partition coefficient (Wildman–Crippen LogP) is 1.96. The van der Waals surface area contributed by atoms with Gasteiger partial charge in [-0.15, -0.1) is 0 Å². The average molecular weight is 293 g/mol. The standard InChI is InChI=1S/C15H19NO5/c1-2-6-15(14(20)21)7-3-8-16(15)13(19)10-4-5-11(17)12(18)9-10/h4-5,9,17-18H,2-3,6-8H2,1H3,(H,20,21). The van der Waals surface area contributed by atoms with Crippen molar-refractivity contribution in [1.29, 1.82) is 0 Å². The lowest BCUT2D eigenvalue weighted by Crippen LogP contribution is -2.53. The van der Waals surface area contributed by atoms with Crippen LogP contribution in [0, 0.1) is 0 Å². The summed E-state index contributed by atoms with van der Waals surface area (Å²) in [5, 5.41) is 28.4. The maximum atomic E-state index is 12.6. The van der Waals surface area contributed by atoms with Crippen molar-refractivity contribution in [3.05, 3.63) is 23.8 Å². The number of rotatable bonds is 4. The van der Waals surface area contributed by atoms with Crippen molar-refractivity contribution in [2.45, 2.75) is 38.1 Å². The highest BCUT2D eigenvalue weighted by Gasteiger charge is 2.49. The Bertz CT molecular complexity index is 571. The summed E-state index contributed by atoms with van der Waals surface area (Å²) in [7, 11) is 0. The quantitative estimate of drug-likeness (QED) is 0.737. The van der Waals surface area contributed by atoms with Crippen LogP contribution in [0.1, 0.15) is 43.0 Å². The van der Waals surface area contributed by atoms with Crippen molar-refractivity contribution in [3.8, 4) is 11.5 Å². The van der Waals surface area contributed by atoms with E-state index in [1.54, 1.807) is 0 Å². The number of aliphatic carboxylic acids is 1. The van der Waals surface area contributed by atoms with Gasteiger partial charge in [-0.05, 0) is 37.5 Å². The van der Waals surface area contributed by atoms with E-state index in [4.69, 9.17) is 0 Å². The SMILES string of the molecule is CCCC1(C(=O)O)CCCN1C(=O)c1ccc(O)c(O)c1. The van der Waals surface area contributed by atoms with Crippen LogP contribution >= 0.6 is 0 Å². The Hall–Kier alpha value is -2.24. The van der Waals surface area contributed by atoms with E-state index >= 15 is 0 Å². The highest BCUT2D eigenvalue weighted by atomic mass is 16.4. The van der Waals surface area contributed by atoms with Gasteiger partial charge >= 0.3 is 5.97 Å². The number of carbonyl (C=O) groups is 2. The molecule has 1 fully saturated rings. The van der Waals surface area contributed by atoms with Gasteiger partial charge in [-0.3, -0.25) is 4.79 Å². The zero-order valence-electron chi connectivity index (χ0n) is 11.9. The molecule has 0 bridgehead atoms. The van der Waals surface area contributed by atoms with E-state index in [2.05, 4.69) is 0 Å². The number of phenolic OH excluding ortho intramolecular Hbond substituents is 2. The number of carbonyl (C=O) groups excluding carboxylic acids is 1. The van der Waals surface area contributed by atoms with E-state index in [9.17, 15) is 24.9 Å². The molecular formula is C15H19NO5. The van der Waals surface area contributed by atoms with E-state index < -0.39 is 23.2 Å². The predicted molar refractivity (Wildman–Crippen MR) is 75.3 cm³/mol. The lowest BCUT2D eigenvalue weighted by molar-refractivity contribution is -0.148. The monoisotopic (exact) mass is 293 g/mol. The van der Waals surface area contributed by atoms with Gasteiger partial charge in [-0.2, -0.15) is 0 Å². The highest BCUT2D eigenvalue weighted by Crippen LogP contribution is 2.36. The minimum atomic E-state index is -1.17. The van der Waals surface area contributed by atoms with Crippen LogP contribution in [-0.4, -0.2) is 44.2 Å². The fourth-order valence-corrected chi connectivity index (χ4v) is 2.99. The molecule has 1 amide bonds. The number of carboxylic acids is 1. The third-order valence-corrected chi connectivity index (χ3v) is 4.02. The van der Waals surface area contributed by atoms with E-state index in [1.165, 1.54) is 17.0 Å². The average Bonchev–Trinajstić information content (AvgIpc) is 2.86. The second-order valence-corrected chi connectivity index (χ2v) is 5.35. The smallest absolute Gasteiger partial charge is 0.329 e. The Morgan fingerprint density at radius 2 is 2.00 bits per heavy atom. The van der Waals surface area contributed by atoms with Crippen LogP contribution in [0.3, 0.4) is 0 Å². The summed E-state index contributed by atoms with van der Waals surface area (Å²) in [6, 6.07) is 3.77. The van der Waals surface area contributed by atoms with Crippen molar-refractivity contribution in [2.24, 2.45) is 0 Å². The van der Waals surface area contributed by atoms with Gasteiger partial charge in [0, 0.05) is 12.1 Å². The summed E-state index contributed by atoms with van der Waals surface area (Å²) in [5.74, 6) is -2.13. The molecule has 0 aromatic heterocycles. The Morgan fingerprint density at radius 1 is 1.29 bits per heavy atom. The Balaban J connectivity index is 2.36. The van der Waals surface area contributed by atoms with Gasteiger partial charge in [0.15, 0.2) is 11.5 Å². The van der Waals surface area contributed by atoms with Gasteiger partial charge in [0.1, 0.15) is 5.54 Å². The van der Waals surface area contributed by atoms with Crippen LogP contribution in [0.4, 0.5) is 0 Å². The summed E-state index contributed by atoms with van der Waals surface area (Å²) in [6.45, 7) is 2.27. The first-order valence-corrected chi connectivity index (χ1v) is 6.99. The molecule has 3 N–H and O–H groups in total. The molecule has 6 nitrogen and oxygen atoms in total. The lowest BCUT2D eigenvalue weighted by atomic mass is 9.90. The molecule has 1 aliphatic rings. The van der Waals surface area contributed by atoms with E-state index in [1.807, 2.05) is 6.92 Å². The van der Waals surface area contributed by atoms with Gasteiger partial charge in [-0.1, -0.05) is 13.3 Å². The van der Waals surface area contributed by atoms with E-state index in [0.717, 1.165) is 6.07 Å². The van der Waals surface area contributed by atoms with Gasteiger partial charge in [-0.25, -0.2) is 4.79 Å². The van der Waals surface area contributed by atoms with Crippen LogP contribution in [0.2, 0.25) is 0 Å². The summed E-state index contributed by atoms with van der Waals surface area (Å²) < 4.78 is 0. The van der Waals surface area contributed by atoms with Crippen molar-refractivity contribution >= 4 is 11.9 Å². The second-order valence-electron chi connectivity index (χ2n) is 5.35. The van der Waals surface area contributed by atoms with Gasteiger partial charge < -0.3 is 20.2 Å². The number of hydrogen-bond donors (Lipinski definition) is 3. The molecule has 6 heteroatoms. The summed E-state index contributed by atoms with van der Waals surface area (Å²) in [4.78, 5) is 25.7. The summed E-state index contributed by atoms with van der Waals surface area (Å²) in [6.07, 6.45) is 2.14. The molecule has 1 heterocycles. The second kappa shape index (κ2) is 5.63. The van der Waals surface area contributed by atoms with Gasteiger partial charge in [0.05, 0.1) is 0 Å². The molecule has 1 aliphatic heterocycles. The Kier molecular flexibility index (Phi) is 4.06. The van der Waals surface area contributed by atoms with E-state index in [-0.39, 0.29) is 11.3 Å². The molecule has 1 atom stereocenters. The Labute approximate surface area is 122 Å². The van der Waals surface area contributed by atoms with Gasteiger partial charge in [0.25, 0.3) is 5.91 Å². The number of nitrogens with zero attached hydrogens (tertiary/aromatic N) is 1. The molecule has 0 aliphatic carbocycles. The molecule has 114 valence electrons. The third kappa shape index (κ3) is 2.53. The molecule has 1 unspecified atom stereocenters. The highest BCUT2D eigenvalue weighted by molar-refractivity contribution is 5.98. The summed E-state index contributed by atoms with van der Waals surface area (Å²) in [5.41, 5.74) is -0.992. The molecule has 1 aromatic rings. The molecule has 1 saturated heterocycles. The molecular weight excluding hydrogens is 274 g/mol. The molecule has 2 rings (SSSR count). The lowest BCUT2D eigenvalue weighted by Gasteiger charge is -2.34. The minimum absolute atomic E-state index is 0.175. The largest absolute Gasteiger partial charge is 0.504 e. The number of hydrogen-bond acceptors (Lipinski definition) is 4. The maximum Gasteiger partial charge on any atom is 0.329 e. The first kappa shape index (κ1) is 15.2. The van der Waals surface area contributed by atoms with Crippen molar-refractivity contribution in [3.63, 3.8) is 0 Å². The van der Waals surface area contributed by atoms with Crippen LogP contribution in [0.15, 0.2) is 18.2 Å². The zero-order chi connectivity index (χ0) is 15.6. The number of likely N-dealkylation sites (tertiary alicyclic amines) is 1. The molecule has 1 aromatic carbocycles. The van der Waals surface area contributed by atoms with Crippen molar-refractivity contribution in [1.82, 2.24) is 4.90 Å². The normalized spacial score (nSPS) is 21.5. The first-order chi connectivity index (χ1) is 9.92. The minimum Gasteiger partial charge on any atom is -0.504 e. The van der Waals surface area contributed by atoms with Gasteiger partial charge in [0.2, 0.25) is 0 Å². The molecule has 21 heavy (non-hydrogen) atoms. The number of aromatic hydroxyl groups is 2. The topological polar surface area (TPSA) is 98.1 Å². The van der Waals surface area contributed by atoms with Crippen LogP contribution < -0.4 is 0 Å². The van der Waals surface area contributed by atoms with E-state index in [0.29, 0.717) is 32.2 Å². The van der Waals surface area contributed by atoms with Crippen molar-refractivity contribution < 1.29 is 24.9 Å². The van der Waals surface area contributed by atoms with Crippen LogP contribution in [-0.2, 0) is 4.79 Å². The van der Waals surface area contributed by atoms with Crippen LogP contribution in [0.5, 0.6) is 11.5 Å². The number of carboxylic acid groups (broad SMARTS) is 1. The fraction of sp³-hybridized carbons (Fsp3) is 0.467. The Morgan fingerprint density at radius 3 is 2.57 bits per heavy atom. The third-order valence-electron chi connectivity index (χ3n) is 4.02.